The van der Waals surface area contributed by atoms with Crippen molar-refractivity contribution in [2.24, 2.45) is 0 Å². The van der Waals surface area contributed by atoms with Crippen molar-refractivity contribution in [3.8, 4) is 0 Å². The molecule has 72 valence electrons. The molecular weight excluding hydrogens is 198 g/mol. The van der Waals surface area contributed by atoms with E-state index in [0.717, 1.165) is 16.5 Å². The lowest BCUT2D eigenvalue weighted by Gasteiger charge is -2.04. The maximum Gasteiger partial charge on any atom is 0.129 e. The first-order valence-corrected chi connectivity index (χ1v) is 4.52. The number of benzene rings is 1. The van der Waals surface area contributed by atoms with E-state index in [4.69, 9.17) is 20.5 Å². The molecule has 0 radical (unpaired) electrons. The van der Waals surface area contributed by atoms with Gasteiger partial charge in [-0.25, -0.2) is 4.98 Å². The Hall–Kier alpha value is -1.12. The summed E-state index contributed by atoms with van der Waals surface area (Å²) in [5.74, 6) is 0. The van der Waals surface area contributed by atoms with Crippen LogP contribution in [0.2, 0.25) is 5.15 Å². The molecule has 2 rings (SSSR count). The van der Waals surface area contributed by atoms with Gasteiger partial charge in [-0.2, -0.15) is 0 Å². The van der Waals surface area contributed by atoms with Crippen molar-refractivity contribution in [1.29, 1.82) is 0 Å². The highest BCUT2D eigenvalue weighted by Crippen LogP contribution is 2.19. The minimum absolute atomic E-state index is 0.0250. The lowest BCUT2D eigenvalue weighted by atomic mass is 10.1. The molecule has 2 nitrogen and oxygen atoms in total. The van der Waals surface area contributed by atoms with Crippen molar-refractivity contribution in [2.75, 3.05) is 7.04 Å². The fraction of sp³-hybridized carbons (Fsp3) is 0.182. The van der Waals surface area contributed by atoms with Gasteiger partial charge in [0.25, 0.3) is 0 Å². The van der Waals surface area contributed by atoms with Crippen LogP contribution in [0.5, 0.6) is 0 Å². The third-order valence-electron chi connectivity index (χ3n) is 2.02. The van der Waals surface area contributed by atoms with E-state index in [1.54, 1.807) is 12.1 Å². The summed E-state index contributed by atoms with van der Waals surface area (Å²) in [6.45, 7) is 0.0250. The lowest BCUT2D eigenvalue weighted by Crippen LogP contribution is -1.90. The fourth-order valence-electron chi connectivity index (χ4n) is 1.40. The van der Waals surface area contributed by atoms with Crippen LogP contribution in [0.3, 0.4) is 0 Å². The molecule has 1 aromatic heterocycles. The van der Waals surface area contributed by atoms with E-state index in [1.165, 1.54) is 0 Å². The second-order valence-corrected chi connectivity index (χ2v) is 3.29. The van der Waals surface area contributed by atoms with Gasteiger partial charge in [0.1, 0.15) is 5.15 Å². The van der Waals surface area contributed by atoms with Gasteiger partial charge in [0.05, 0.1) is 16.2 Å². The summed E-state index contributed by atoms with van der Waals surface area (Å²) in [4.78, 5) is 4.15. The van der Waals surface area contributed by atoms with Crippen molar-refractivity contribution in [3.63, 3.8) is 0 Å². The van der Waals surface area contributed by atoms with Crippen LogP contribution in [-0.2, 0) is 11.3 Å². The minimum atomic E-state index is -2.39. The van der Waals surface area contributed by atoms with Crippen LogP contribution in [0.4, 0.5) is 0 Å². The number of pyridine rings is 1. The molecule has 0 unspecified atom stereocenters. The molecule has 0 saturated heterocycles. The SMILES string of the molecule is [2H]C([2H])([2H])OCc1cccc2nc(Cl)ccc12. The molecule has 0 fully saturated rings. The van der Waals surface area contributed by atoms with Crippen molar-refractivity contribution in [1.82, 2.24) is 4.98 Å². The van der Waals surface area contributed by atoms with E-state index in [1.807, 2.05) is 18.2 Å². The second-order valence-electron chi connectivity index (χ2n) is 2.91. The molecule has 0 atom stereocenters. The van der Waals surface area contributed by atoms with Gasteiger partial charge in [-0.1, -0.05) is 23.7 Å². The summed E-state index contributed by atoms with van der Waals surface area (Å²) in [5.41, 5.74) is 1.51. The third-order valence-corrected chi connectivity index (χ3v) is 2.23. The molecule has 14 heavy (non-hydrogen) atoms. The van der Waals surface area contributed by atoms with Gasteiger partial charge in [0.15, 0.2) is 0 Å². The summed E-state index contributed by atoms with van der Waals surface area (Å²) < 4.78 is 25.8. The first-order chi connectivity index (χ1) is 7.96. The Balaban J connectivity index is 2.34. The molecule has 0 bridgehead atoms. The second kappa shape index (κ2) is 3.95. The zero-order chi connectivity index (χ0) is 12.5. The molecule has 0 aliphatic rings. The van der Waals surface area contributed by atoms with Crippen LogP contribution in [0.25, 0.3) is 10.9 Å². The highest BCUT2D eigenvalue weighted by molar-refractivity contribution is 6.29. The highest BCUT2D eigenvalue weighted by Gasteiger charge is 2.01. The van der Waals surface area contributed by atoms with Gasteiger partial charge in [-0.15, -0.1) is 0 Å². The summed E-state index contributed by atoms with van der Waals surface area (Å²) in [6, 6.07) is 8.90. The van der Waals surface area contributed by atoms with E-state index in [2.05, 4.69) is 4.98 Å². The van der Waals surface area contributed by atoms with E-state index >= 15 is 0 Å². The molecule has 0 saturated carbocycles. The predicted octanol–water partition coefficient (Wildman–Crippen LogP) is 3.03. The zero-order valence-corrected chi connectivity index (χ0v) is 8.08. The van der Waals surface area contributed by atoms with Gasteiger partial charge >= 0.3 is 0 Å². The van der Waals surface area contributed by atoms with Gasteiger partial charge in [-0.05, 0) is 23.8 Å². The Bertz CT molecular complexity index is 542. The standard InChI is InChI=1S/C11H10ClNO/c1-14-7-8-3-2-4-10-9(8)5-6-11(12)13-10/h2-6H,7H2,1H3/i1D3. The van der Waals surface area contributed by atoms with E-state index in [0.29, 0.717) is 5.15 Å². The molecule has 0 aliphatic heterocycles. The number of hydrogen-bond acceptors (Lipinski definition) is 2. The van der Waals surface area contributed by atoms with Gasteiger partial charge < -0.3 is 4.74 Å². The predicted molar refractivity (Wildman–Crippen MR) is 57.5 cm³/mol. The van der Waals surface area contributed by atoms with Crippen LogP contribution >= 0.6 is 11.6 Å². The normalized spacial score (nSPS) is 14.8. The van der Waals surface area contributed by atoms with Gasteiger partial charge in [0, 0.05) is 12.4 Å². The molecule has 1 heterocycles. The van der Waals surface area contributed by atoms with Gasteiger partial charge in [-0.3, -0.25) is 0 Å². The number of aromatic nitrogens is 1. The van der Waals surface area contributed by atoms with E-state index in [-0.39, 0.29) is 6.61 Å². The molecule has 3 heteroatoms. The van der Waals surface area contributed by atoms with Crippen LogP contribution in [0, 0.1) is 0 Å². The first-order valence-electron chi connectivity index (χ1n) is 5.64. The molecule has 0 N–H and O–H groups in total. The summed E-state index contributed by atoms with van der Waals surface area (Å²) in [5, 5.41) is 1.26. The first kappa shape index (κ1) is 6.38. The molecule has 1 aromatic carbocycles. The van der Waals surface area contributed by atoms with Crippen molar-refractivity contribution in [2.45, 2.75) is 6.61 Å². The molecule has 0 spiro atoms. The number of methoxy groups -OCH3 is 1. The lowest BCUT2D eigenvalue weighted by molar-refractivity contribution is 0.186. The fourth-order valence-corrected chi connectivity index (χ4v) is 1.55. The molecule has 0 amide bonds. The van der Waals surface area contributed by atoms with Crippen molar-refractivity contribution in [3.05, 3.63) is 41.0 Å². The monoisotopic (exact) mass is 210 g/mol. The largest absolute Gasteiger partial charge is 0.380 e. The van der Waals surface area contributed by atoms with Crippen LogP contribution < -0.4 is 0 Å². The Kier molecular flexibility index (Phi) is 1.80. The van der Waals surface area contributed by atoms with Gasteiger partial charge in [0.2, 0.25) is 0 Å². The molecular formula is C11H10ClNO. The average molecular weight is 211 g/mol. The van der Waals surface area contributed by atoms with E-state index < -0.39 is 7.04 Å². The summed E-state index contributed by atoms with van der Waals surface area (Å²) >= 11 is 5.79. The number of halogens is 1. The number of fused-ring (bicyclic) bond motifs is 1. The smallest absolute Gasteiger partial charge is 0.129 e. The maximum absolute atomic E-state index is 7.00. The zero-order valence-electron chi connectivity index (χ0n) is 10.3. The van der Waals surface area contributed by atoms with Crippen LogP contribution in [0.15, 0.2) is 30.3 Å². The number of nitrogens with zero attached hydrogens (tertiary/aromatic N) is 1. The Labute approximate surface area is 91.7 Å². The topological polar surface area (TPSA) is 22.1 Å². The number of rotatable bonds is 2. The third kappa shape index (κ3) is 1.72. The Morgan fingerprint density at radius 2 is 2.36 bits per heavy atom. The van der Waals surface area contributed by atoms with Crippen molar-refractivity contribution < 1.29 is 8.85 Å². The van der Waals surface area contributed by atoms with E-state index in [9.17, 15) is 0 Å². The Morgan fingerprint density at radius 3 is 3.21 bits per heavy atom. The minimum Gasteiger partial charge on any atom is -0.380 e. The average Bonchev–Trinajstić information content (AvgIpc) is 2.24. The highest BCUT2D eigenvalue weighted by atomic mass is 35.5. The maximum atomic E-state index is 7.00. The Morgan fingerprint density at radius 1 is 1.43 bits per heavy atom. The van der Waals surface area contributed by atoms with Crippen LogP contribution in [0.1, 0.15) is 9.68 Å². The quantitative estimate of drug-likeness (QED) is 0.711. The number of ether oxygens (including phenoxy) is 1. The van der Waals surface area contributed by atoms with Crippen LogP contribution in [-0.4, -0.2) is 12.0 Å². The van der Waals surface area contributed by atoms with Crippen molar-refractivity contribution >= 4 is 22.5 Å². The molecule has 0 aliphatic carbocycles. The number of hydrogen-bond donors (Lipinski definition) is 0. The summed E-state index contributed by atoms with van der Waals surface area (Å²) in [6.07, 6.45) is 0. The molecule has 2 aromatic rings. The summed E-state index contributed by atoms with van der Waals surface area (Å²) in [7, 11) is -2.39.